The molecule has 0 aliphatic rings. The van der Waals surface area contributed by atoms with Crippen molar-refractivity contribution < 1.29 is 4.92 Å². The molecule has 5 heteroatoms. The number of nitro benzene ring substituents is 1. The van der Waals surface area contributed by atoms with Gasteiger partial charge in [0.15, 0.2) is 0 Å². The van der Waals surface area contributed by atoms with Crippen LogP contribution in [0.4, 0.5) is 11.4 Å². The Morgan fingerprint density at radius 1 is 1.37 bits per heavy atom. The normalized spacial score (nSPS) is 10.4. The van der Waals surface area contributed by atoms with Crippen molar-refractivity contribution in [2.75, 3.05) is 5.32 Å². The Balaban J connectivity index is 2.10. The second-order valence-corrected chi connectivity index (χ2v) is 4.40. The lowest BCUT2D eigenvalue weighted by Gasteiger charge is -2.11. The largest absolute Gasteiger partial charge is 0.379 e. The maximum atomic E-state index is 10.7. The van der Waals surface area contributed by atoms with Crippen LogP contribution in [-0.2, 0) is 13.1 Å². The van der Waals surface area contributed by atoms with Gasteiger partial charge in [-0.2, -0.15) is 0 Å². The van der Waals surface area contributed by atoms with Crippen molar-refractivity contribution in [3.05, 3.63) is 57.9 Å². The number of benzene rings is 1. The van der Waals surface area contributed by atoms with Gasteiger partial charge in [-0.15, -0.1) is 0 Å². The van der Waals surface area contributed by atoms with Crippen LogP contribution in [0.1, 0.15) is 18.2 Å². The summed E-state index contributed by atoms with van der Waals surface area (Å²) in [5, 5.41) is 14.0. The molecule has 0 bridgehead atoms. The van der Waals surface area contributed by atoms with Crippen LogP contribution in [0.2, 0.25) is 0 Å². The number of hydrogen-bond donors (Lipinski definition) is 1. The van der Waals surface area contributed by atoms with Crippen LogP contribution in [0.5, 0.6) is 0 Å². The second-order valence-electron chi connectivity index (χ2n) is 4.40. The second kappa shape index (κ2) is 5.56. The Labute approximate surface area is 112 Å². The number of rotatable bonds is 5. The summed E-state index contributed by atoms with van der Waals surface area (Å²) in [7, 11) is 0. The van der Waals surface area contributed by atoms with Crippen molar-refractivity contribution in [2.24, 2.45) is 0 Å². The summed E-state index contributed by atoms with van der Waals surface area (Å²) in [6, 6.07) is 8.95. The van der Waals surface area contributed by atoms with Crippen molar-refractivity contribution in [1.82, 2.24) is 4.57 Å². The first-order valence-corrected chi connectivity index (χ1v) is 6.24. The fourth-order valence-corrected chi connectivity index (χ4v) is 2.06. The van der Waals surface area contributed by atoms with E-state index in [1.807, 2.05) is 19.2 Å². The van der Waals surface area contributed by atoms with Gasteiger partial charge in [0.2, 0.25) is 0 Å². The van der Waals surface area contributed by atoms with Crippen molar-refractivity contribution in [3.8, 4) is 0 Å². The number of aryl methyl sites for hydroxylation is 2. The van der Waals surface area contributed by atoms with Gasteiger partial charge in [-0.25, -0.2) is 0 Å². The van der Waals surface area contributed by atoms with E-state index in [4.69, 9.17) is 0 Å². The molecule has 1 N–H and O–H groups in total. The summed E-state index contributed by atoms with van der Waals surface area (Å²) in [4.78, 5) is 10.3. The lowest BCUT2D eigenvalue weighted by molar-refractivity contribution is -0.384. The van der Waals surface area contributed by atoms with Gasteiger partial charge in [-0.05, 0) is 37.6 Å². The molecule has 2 rings (SSSR count). The van der Waals surface area contributed by atoms with Crippen LogP contribution in [0.15, 0.2) is 36.5 Å². The molecule has 0 aliphatic heterocycles. The Bertz CT molecular complexity index is 590. The predicted octanol–water partition coefficient (Wildman–Crippen LogP) is 3.34. The molecule has 1 heterocycles. The van der Waals surface area contributed by atoms with Gasteiger partial charge < -0.3 is 9.88 Å². The van der Waals surface area contributed by atoms with E-state index in [1.54, 1.807) is 12.1 Å². The summed E-state index contributed by atoms with van der Waals surface area (Å²) in [5.74, 6) is 0. The summed E-state index contributed by atoms with van der Waals surface area (Å²) in [6.45, 7) is 5.61. The van der Waals surface area contributed by atoms with Gasteiger partial charge >= 0.3 is 0 Å². The fourth-order valence-electron chi connectivity index (χ4n) is 2.06. The number of nitrogens with zero attached hydrogens (tertiary/aromatic N) is 2. The molecule has 19 heavy (non-hydrogen) atoms. The molecule has 1 aromatic carbocycles. The molecule has 0 fully saturated rings. The van der Waals surface area contributed by atoms with E-state index in [9.17, 15) is 10.1 Å². The minimum absolute atomic E-state index is 0.125. The average Bonchev–Trinajstić information content (AvgIpc) is 2.84. The lowest BCUT2D eigenvalue weighted by Crippen LogP contribution is -2.06. The average molecular weight is 259 g/mol. The summed E-state index contributed by atoms with van der Waals surface area (Å²) in [5.41, 5.74) is 3.12. The number of non-ortho nitro benzene ring substituents is 1. The zero-order valence-corrected chi connectivity index (χ0v) is 11.1. The minimum Gasteiger partial charge on any atom is -0.379 e. The molecule has 0 amide bonds. The van der Waals surface area contributed by atoms with E-state index in [1.165, 1.54) is 11.8 Å². The fraction of sp³-hybridized carbons (Fsp3) is 0.286. The number of anilines is 1. The van der Waals surface area contributed by atoms with Gasteiger partial charge in [0.1, 0.15) is 0 Å². The highest BCUT2D eigenvalue weighted by atomic mass is 16.6. The third-order valence-corrected chi connectivity index (χ3v) is 3.14. The van der Waals surface area contributed by atoms with Crippen LogP contribution in [-0.4, -0.2) is 9.49 Å². The highest BCUT2D eigenvalue weighted by molar-refractivity contribution is 5.55. The van der Waals surface area contributed by atoms with Crippen molar-refractivity contribution in [1.29, 1.82) is 0 Å². The standard InChI is InChI=1S/C14H17N3O2/c1-3-16-8-4-5-13(16)10-15-14-7-6-12(17(18)19)9-11(14)2/h4-9,15H,3,10H2,1-2H3. The first-order valence-electron chi connectivity index (χ1n) is 6.24. The first-order chi connectivity index (χ1) is 9.11. The summed E-state index contributed by atoms with van der Waals surface area (Å²) >= 11 is 0. The van der Waals surface area contributed by atoms with Gasteiger partial charge in [0.25, 0.3) is 5.69 Å². The third kappa shape index (κ3) is 2.93. The van der Waals surface area contributed by atoms with E-state index in [-0.39, 0.29) is 10.6 Å². The highest BCUT2D eigenvalue weighted by Crippen LogP contribution is 2.21. The Morgan fingerprint density at radius 3 is 2.79 bits per heavy atom. The van der Waals surface area contributed by atoms with E-state index in [0.29, 0.717) is 6.54 Å². The zero-order chi connectivity index (χ0) is 13.8. The quantitative estimate of drug-likeness (QED) is 0.661. The minimum atomic E-state index is -0.376. The maximum absolute atomic E-state index is 10.7. The molecule has 0 radical (unpaired) electrons. The third-order valence-electron chi connectivity index (χ3n) is 3.14. The van der Waals surface area contributed by atoms with Gasteiger partial charge in [0.05, 0.1) is 11.5 Å². The summed E-state index contributed by atoms with van der Waals surface area (Å²) in [6.07, 6.45) is 2.04. The van der Waals surface area contributed by atoms with E-state index >= 15 is 0 Å². The molecule has 0 aliphatic carbocycles. The monoisotopic (exact) mass is 259 g/mol. The van der Waals surface area contributed by atoms with Crippen molar-refractivity contribution >= 4 is 11.4 Å². The molecule has 0 saturated carbocycles. The molecule has 0 spiro atoms. The predicted molar refractivity (Wildman–Crippen MR) is 75.3 cm³/mol. The van der Waals surface area contributed by atoms with Crippen LogP contribution in [0, 0.1) is 17.0 Å². The SMILES string of the molecule is CCn1cccc1CNc1ccc([N+](=O)[O-])cc1C. The Kier molecular flexibility index (Phi) is 3.85. The lowest BCUT2D eigenvalue weighted by atomic mass is 10.2. The number of nitrogens with one attached hydrogen (secondary N) is 1. The van der Waals surface area contributed by atoms with Crippen LogP contribution in [0.25, 0.3) is 0 Å². The topological polar surface area (TPSA) is 60.1 Å². The van der Waals surface area contributed by atoms with Gasteiger partial charge in [-0.3, -0.25) is 10.1 Å². The molecular formula is C14H17N3O2. The Morgan fingerprint density at radius 2 is 2.16 bits per heavy atom. The zero-order valence-electron chi connectivity index (χ0n) is 11.1. The number of aromatic nitrogens is 1. The van der Waals surface area contributed by atoms with Crippen molar-refractivity contribution in [2.45, 2.75) is 26.9 Å². The molecule has 5 nitrogen and oxygen atoms in total. The highest BCUT2D eigenvalue weighted by Gasteiger charge is 2.08. The van der Waals surface area contributed by atoms with Crippen LogP contribution < -0.4 is 5.32 Å². The van der Waals surface area contributed by atoms with E-state index in [0.717, 1.165) is 17.8 Å². The molecule has 1 aromatic heterocycles. The number of hydrogen-bond acceptors (Lipinski definition) is 3. The maximum Gasteiger partial charge on any atom is 0.269 e. The molecule has 2 aromatic rings. The molecule has 100 valence electrons. The number of nitro groups is 1. The van der Waals surface area contributed by atoms with Crippen LogP contribution in [0.3, 0.4) is 0 Å². The molecule has 0 saturated heterocycles. The summed E-state index contributed by atoms with van der Waals surface area (Å²) < 4.78 is 2.16. The Hall–Kier alpha value is -2.30. The van der Waals surface area contributed by atoms with Crippen molar-refractivity contribution in [3.63, 3.8) is 0 Å². The van der Waals surface area contributed by atoms with Gasteiger partial charge in [0, 0.05) is 36.3 Å². The van der Waals surface area contributed by atoms with Crippen LogP contribution >= 0.6 is 0 Å². The smallest absolute Gasteiger partial charge is 0.269 e. The van der Waals surface area contributed by atoms with E-state index in [2.05, 4.69) is 22.9 Å². The molecule has 0 atom stereocenters. The molecular weight excluding hydrogens is 242 g/mol. The first kappa shape index (κ1) is 13.1. The molecule has 0 unspecified atom stereocenters. The van der Waals surface area contributed by atoms with E-state index < -0.39 is 0 Å². The van der Waals surface area contributed by atoms with Gasteiger partial charge in [-0.1, -0.05) is 0 Å².